The van der Waals surface area contributed by atoms with Crippen LogP contribution in [0.15, 0.2) is 0 Å². The fraction of sp³-hybridized carbons (Fsp3) is 0.706. The number of fused-ring (bicyclic) bond motifs is 1. The third-order valence-corrected chi connectivity index (χ3v) is 4.27. The van der Waals surface area contributed by atoms with E-state index in [1.807, 2.05) is 0 Å². The Bertz CT molecular complexity index is 549. The number of aromatic nitrogens is 2. The highest BCUT2D eigenvalue weighted by Gasteiger charge is 2.35. The summed E-state index contributed by atoms with van der Waals surface area (Å²) in [6.45, 7) is 12.7. The van der Waals surface area contributed by atoms with Crippen LogP contribution in [-0.4, -0.2) is 28.8 Å². The second kappa shape index (κ2) is 5.74. The van der Waals surface area contributed by atoms with Gasteiger partial charge in [0.1, 0.15) is 11.6 Å². The number of hydrogen-bond donors (Lipinski definition) is 0. The summed E-state index contributed by atoms with van der Waals surface area (Å²) >= 11 is 0. The molecule has 1 aromatic heterocycles. The zero-order chi connectivity index (χ0) is 15.9. The van der Waals surface area contributed by atoms with Gasteiger partial charge < -0.3 is 4.90 Å². The fourth-order valence-corrected chi connectivity index (χ4v) is 2.95. The minimum Gasteiger partial charge on any atom is -0.355 e. The van der Waals surface area contributed by atoms with Gasteiger partial charge in [-0.25, -0.2) is 9.97 Å². The SMILES string of the molecule is CC(C)c1nc(C(C)C)c2c(n1)N(C)C(C(C)C)CC2=O. The van der Waals surface area contributed by atoms with Gasteiger partial charge >= 0.3 is 0 Å². The summed E-state index contributed by atoms with van der Waals surface area (Å²) in [6, 6.07) is 0.222. The first-order valence-corrected chi connectivity index (χ1v) is 7.91. The van der Waals surface area contributed by atoms with Gasteiger partial charge in [0.2, 0.25) is 0 Å². The number of nitrogens with zero attached hydrogens (tertiary/aromatic N) is 3. The lowest BCUT2D eigenvalue weighted by Gasteiger charge is -2.37. The van der Waals surface area contributed by atoms with Gasteiger partial charge in [0.15, 0.2) is 5.78 Å². The van der Waals surface area contributed by atoms with Gasteiger partial charge in [0.05, 0.1) is 11.3 Å². The lowest BCUT2D eigenvalue weighted by Crippen LogP contribution is -2.43. The molecule has 0 amide bonds. The van der Waals surface area contributed by atoms with E-state index in [4.69, 9.17) is 4.98 Å². The highest BCUT2D eigenvalue weighted by Crippen LogP contribution is 2.35. The van der Waals surface area contributed by atoms with Crippen molar-refractivity contribution in [3.8, 4) is 0 Å². The van der Waals surface area contributed by atoms with Crippen molar-refractivity contribution in [3.63, 3.8) is 0 Å². The van der Waals surface area contributed by atoms with E-state index >= 15 is 0 Å². The van der Waals surface area contributed by atoms with Crippen molar-refractivity contribution in [1.29, 1.82) is 0 Å². The number of hydrogen-bond acceptors (Lipinski definition) is 4. The van der Waals surface area contributed by atoms with E-state index in [2.05, 4.69) is 58.5 Å². The van der Waals surface area contributed by atoms with Crippen LogP contribution >= 0.6 is 0 Å². The van der Waals surface area contributed by atoms with E-state index in [1.165, 1.54) is 0 Å². The molecule has 0 bridgehead atoms. The standard InChI is InChI=1S/C17H27N3O/c1-9(2)12-8-13(21)14-15(10(3)4)18-16(11(5)6)19-17(14)20(12)7/h9-12H,8H2,1-7H3. The predicted molar refractivity (Wildman–Crippen MR) is 86.2 cm³/mol. The maximum Gasteiger partial charge on any atom is 0.170 e. The molecule has 0 aromatic carbocycles. The maximum atomic E-state index is 12.6. The lowest BCUT2D eigenvalue weighted by molar-refractivity contribution is 0.0955. The molecule has 116 valence electrons. The number of anilines is 1. The molecule has 0 radical (unpaired) electrons. The largest absolute Gasteiger partial charge is 0.355 e. The van der Waals surface area contributed by atoms with Crippen LogP contribution < -0.4 is 4.90 Å². The van der Waals surface area contributed by atoms with E-state index in [9.17, 15) is 4.79 Å². The molecule has 0 saturated carbocycles. The second-order valence-corrected chi connectivity index (χ2v) is 7.02. The van der Waals surface area contributed by atoms with Gasteiger partial charge in [-0.2, -0.15) is 0 Å². The lowest BCUT2D eigenvalue weighted by atomic mass is 9.88. The molecule has 4 heteroatoms. The number of Topliss-reactive ketones (excluding diaryl/α,β-unsaturated/α-hetero) is 1. The summed E-state index contributed by atoms with van der Waals surface area (Å²) in [4.78, 5) is 24.2. The molecule has 1 unspecified atom stereocenters. The Morgan fingerprint density at radius 3 is 2.14 bits per heavy atom. The topological polar surface area (TPSA) is 46.1 Å². The Labute approximate surface area is 128 Å². The molecule has 2 heterocycles. The quantitative estimate of drug-likeness (QED) is 0.849. The van der Waals surface area contributed by atoms with Gasteiger partial charge in [-0.05, 0) is 11.8 Å². The molecule has 0 spiro atoms. The molecular formula is C17H27N3O. The molecule has 0 N–H and O–H groups in total. The van der Waals surface area contributed by atoms with Crippen molar-refractivity contribution in [3.05, 3.63) is 17.1 Å². The molecular weight excluding hydrogens is 262 g/mol. The molecule has 1 atom stereocenters. The molecule has 21 heavy (non-hydrogen) atoms. The van der Waals surface area contributed by atoms with Gasteiger partial charge in [-0.15, -0.1) is 0 Å². The van der Waals surface area contributed by atoms with Crippen LogP contribution in [0.5, 0.6) is 0 Å². The van der Waals surface area contributed by atoms with Gasteiger partial charge in [0, 0.05) is 25.4 Å². The normalized spacial score (nSPS) is 18.9. The zero-order valence-electron chi connectivity index (χ0n) is 14.3. The first kappa shape index (κ1) is 15.9. The predicted octanol–water partition coefficient (Wildman–Crippen LogP) is 3.77. The van der Waals surface area contributed by atoms with Gasteiger partial charge in [-0.1, -0.05) is 41.5 Å². The summed E-state index contributed by atoms with van der Waals surface area (Å²) in [5.74, 6) is 2.77. The summed E-state index contributed by atoms with van der Waals surface area (Å²) in [7, 11) is 2.05. The van der Waals surface area contributed by atoms with Crippen LogP contribution in [0.3, 0.4) is 0 Å². The first-order chi connectivity index (χ1) is 9.73. The van der Waals surface area contributed by atoms with Crippen molar-refractivity contribution in [2.45, 2.75) is 65.8 Å². The average molecular weight is 289 g/mol. The van der Waals surface area contributed by atoms with Gasteiger partial charge in [-0.3, -0.25) is 4.79 Å². The Balaban J connectivity index is 2.65. The molecule has 0 saturated heterocycles. The van der Waals surface area contributed by atoms with E-state index in [-0.39, 0.29) is 23.7 Å². The van der Waals surface area contributed by atoms with Crippen LogP contribution in [0.4, 0.5) is 5.82 Å². The van der Waals surface area contributed by atoms with Crippen LogP contribution in [0, 0.1) is 5.92 Å². The molecule has 1 aliphatic heterocycles. The summed E-state index contributed by atoms with van der Waals surface area (Å²) in [5.41, 5.74) is 1.65. The number of ketones is 1. The van der Waals surface area contributed by atoms with Crippen molar-refractivity contribution >= 4 is 11.6 Å². The number of carbonyl (C=O) groups excluding carboxylic acids is 1. The van der Waals surface area contributed by atoms with Gasteiger partial charge in [0.25, 0.3) is 0 Å². The second-order valence-electron chi connectivity index (χ2n) is 7.02. The molecule has 1 aliphatic rings. The van der Waals surface area contributed by atoms with Crippen molar-refractivity contribution in [2.75, 3.05) is 11.9 Å². The van der Waals surface area contributed by atoms with Crippen molar-refractivity contribution < 1.29 is 4.79 Å². The smallest absolute Gasteiger partial charge is 0.170 e. The van der Waals surface area contributed by atoms with Crippen LogP contribution in [-0.2, 0) is 0 Å². The van der Waals surface area contributed by atoms with Crippen LogP contribution in [0.25, 0.3) is 0 Å². The minimum atomic E-state index is 0.195. The van der Waals surface area contributed by atoms with E-state index < -0.39 is 0 Å². The minimum absolute atomic E-state index is 0.195. The van der Waals surface area contributed by atoms with E-state index in [1.54, 1.807) is 0 Å². The summed E-state index contributed by atoms with van der Waals surface area (Å²) in [6.07, 6.45) is 0.561. The maximum absolute atomic E-state index is 12.6. The van der Waals surface area contributed by atoms with Crippen LogP contribution in [0.1, 0.15) is 81.7 Å². The van der Waals surface area contributed by atoms with E-state index in [0.29, 0.717) is 12.3 Å². The number of carbonyl (C=O) groups is 1. The Morgan fingerprint density at radius 2 is 1.67 bits per heavy atom. The Hall–Kier alpha value is -1.45. The third kappa shape index (κ3) is 2.81. The molecule has 4 nitrogen and oxygen atoms in total. The average Bonchev–Trinajstić information content (AvgIpc) is 2.40. The summed E-state index contributed by atoms with van der Waals surface area (Å²) in [5, 5.41) is 0. The monoisotopic (exact) mass is 289 g/mol. The van der Waals surface area contributed by atoms with Crippen molar-refractivity contribution in [1.82, 2.24) is 9.97 Å². The highest BCUT2D eigenvalue weighted by molar-refractivity contribution is 6.04. The number of rotatable bonds is 3. The zero-order valence-corrected chi connectivity index (χ0v) is 14.3. The Kier molecular flexibility index (Phi) is 4.35. The first-order valence-electron chi connectivity index (χ1n) is 7.91. The highest BCUT2D eigenvalue weighted by atomic mass is 16.1. The molecule has 2 rings (SSSR count). The van der Waals surface area contributed by atoms with Crippen molar-refractivity contribution in [2.24, 2.45) is 5.92 Å². The Morgan fingerprint density at radius 1 is 1.05 bits per heavy atom. The fourth-order valence-electron chi connectivity index (χ4n) is 2.95. The molecule has 0 fully saturated rings. The molecule has 0 aliphatic carbocycles. The van der Waals surface area contributed by atoms with Crippen LogP contribution in [0.2, 0.25) is 0 Å². The van der Waals surface area contributed by atoms with E-state index in [0.717, 1.165) is 22.9 Å². The molecule has 1 aromatic rings. The third-order valence-electron chi connectivity index (χ3n) is 4.27. The summed E-state index contributed by atoms with van der Waals surface area (Å²) < 4.78 is 0.